The number of carbonyl (C=O) groups excluding carboxylic acids is 1. The molecule has 0 saturated heterocycles. The maximum atomic E-state index is 13.3. The van der Waals surface area contributed by atoms with Gasteiger partial charge in [-0.2, -0.15) is 0 Å². The van der Waals surface area contributed by atoms with E-state index in [1.54, 1.807) is 0 Å². The van der Waals surface area contributed by atoms with Crippen LogP contribution in [0.1, 0.15) is 141 Å². The second-order valence-electron chi connectivity index (χ2n) is 15.3. The lowest BCUT2D eigenvalue weighted by Crippen LogP contribution is -2.39. The molecular weight excluding hydrogens is 560 g/mol. The number of hydrogen-bond donors (Lipinski definition) is 2. The lowest BCUT2D eigenvalue weighted by molar-refractivity contribution is -0.338. The zero-order chi connectivity index (χ0) is 30.9. The minimum Gasteiger partial charge on any atom is -0.481 e. The fraction of sp³-hybridized carbons (Fsp3) is 0.917. The van der Waals surface area contributed by atoms with Crippen molar-refractivity contribution in [3.63, 3.8) is 0 Å². The van der Waals surface area contributed by atoms with Crippen LogP contribution >= 0.6 is 0 Å². The van der Waals surface area contributed by atoms with Crippen LogP contribution in [0.3, 0.4) is 0 Å². The van der Waals surface area contributed by atoms with E-state index in [-0.39, 0.29) is 30.0 Å². The van der Waals surface area contributed by atoms with Crippen molar-refractivity contribution < 1.29 is 39.1 Å². The van der Waals surface area contributed by atoms with E-state index in [1.807, 2.05) is 0 Å². The van der Waals surface area contributed by atoms with Crippen molar-refractivity contribution in [3.8, 4) is 0 Å². The average molecular weight is 619 g/mol. The molecule has 6 atom stereocenters. The lowest BCUT2D eigenvalue weighted by atomic mass is 9.70. The molecule has 5 saturated carbocycles. The molecule has 8 nitrogen and oxygen atoms in total. The van der Waals surface area contributed by atoms with Crippen molar-refractivity contribution in [2.24, 2.45) is 47.3 Å². The summed E-state index contributed by atoms with van der Waals surface area (Å²) in [5.74, 6) is -0.984. The first-order chi connectivity index (χ1) is 21.4. The smallest absolute Gasteiger partial charge is 0.310 e. The van der Waals surface area contributed by atoms with Gasteiger partial charge < -0.3 is 14.9 Å². The molecule has 5 fully saturated rings. The number of hydrogen-bond acceptors (Lipinski definition) is 6. The van der Waals surface area contributed by atoms with Crippen molar-refractivity contribution in [3.05, 3.63) is 0 Å². The first-order valence-corrected chi connectivity index (χ1v) is 18.3. The summed E-state index contributed by atoms with van der Waals surface area (Å²) < 4.78 is 5.95. The number of carbonyl (C=O) groups is 3. The topological polar surface area (TPSA) is 119 Å². The van der Waals surface area contributed by atoms with E-state index in [0.717, 1.165) is 43.9 Å². The Morgan fingerprint density at radius 2 is 1.05 bits per heavy atom. The first-order valence-electron chi connectivity index (χ1n) is 18.3. The van der Waals surface area contributed by atoms with Crippen molar-refractivity contribution in [2.75, 3.05) is 6.61 Å². The minimum absolute atomic E-state index is 0.0215. The number of rotatable bonds is 12. The highest BCUT2D eigenvalue weighted by Gasteiger charge is 2.42. The van der Waals surface area contributed by atoms with Crippen LogP contribution in [-0.4, -0.2) is 46.9 Å². The minimum atomic E-state index is -0.874. The summed E-state index contributed by atoms with van der Waals surface area (Å²) in [5, 5.41) is 19.7. The summed E-state index contributed by atoms with van der Waals surface area (Å²) in [6.45, 7) is 0.313. The third kappa shape index (κ3) is 9.67. The van der Waals surface area contributed by atoms with Crippen molar-refractivity contribution in [1.29, 1.82) is 0 Å². The van der Waals surface area contributed by atoms with E-state index < -0.39 is 23.8 Å². The maximum absolute atomic E-state index is 13.3. The molecule has 0 spiro atoms. The third-order valence-corrected chi connectivity index (χ3v) is 12.2. The van der Waals surface area contributed by atoms with Gasteiger partial charge in [-0.3, -0.25) is 14.4 Å². The summed E-state index contributed by atoms with van der Waals surface area (Å²) in [4.78, 5) is 48.8. The Kier molecular flexibility index (Phi) is 12.8. The predicted molar refractivity (Wildman–Crippen MR) is 165 cm³/mol. The van der Waals surface area contributed by atoms with E-state index in [4.69, 9.17) is 14.5 Å². The third-order valence-electron chi connectivity index (χ3n) is 12.2. The summed E-state index contributed by atoms with van der Waals surface area (Å²) >= 11 is 0. The Morgan fingerprint density at radius 3 is 1.61 bits per heavy atom. The Balaban J connectivity index is 1.03. The highest BCUT2D eigenvalue weighted by molar-refractivity contribution is 5.81. The first kappa shape index (κ1) is 33.7. The molecule has 44 heavy (non-hydrogen) atoms. The molecule has 5 aliphatic carbocycles. The van der Waals surface area contributed by atoms with Gasteiger partial charge in [-0.15, -0.1) is 0 Å². The van der Waals surface area contributed by atoms with Crippen molar-refractivity contribution in [2.45, 2.75) is 153 Å². The molecule has 0 aromatic carbocycles. The van der Waals surface area contributed by atoms with Crippen molar-refractivity contribution in [1.82, 2.24) is 0 Å². The van der Waals surface area contributed by atoms with Gasteiger partial charge in [0, 0.05) is 0 Å². The molecule has 0 aliphatic heterocycles. The average Bonchev–Trinajstić information content (AvgIpc) is 3.03. The van der Waals surface area contributed by atoms with Crippen LogP contribution in [0.2, 0.25) is 0 Å². The van der Waals surface area contributed by atoms with Crippen LogP contribution in [-0.2, 0) is 28.9 Å². The van der Waals surface area contributed by atoms with E-state index in [9.17, 15) is 24.6 Å². The molecule has 0 aromatic heterocycles. The van der Waals surface area contributed by atoms with Gasteiger partial charge in [-0.1, -0.05) is 64.2 Å². The number of aliphatic carboxylic acids is 2. The fourth-order valence-corrected chi connectivity index (χ4v) is 9.62. The molecule has 6 unspecified atom stereocenters. The molecule has 2 N–H and O–H groups in total. The molecule has 5 aliphatic rings. The summed E-state index contributed by atoms with van der Waals surface area (Å²) in [6.07, 6.45) is 22.6. The molecule has 5 rings (SSSR count). The monoisotopic (exact) mass is 618 g/mol. The largest absolute Gasteiger partial charge is 0.481 e. The van der Waals surface area contributed by atoms with Crippen LogP contribution in [0, 0.1) is 47.3 Å². The molecule has 0 amide bonds. The molecule has 0 aromatic rings. The van der Waals surface area contributed by atoms with Crippen LogP contribution in [0.25, 0.3) is 0 Å². The Bertz CT molecular complexity index is 917. The number of esters is 1. The fourth-order valence-electron chi connectivity index (χ4n) is 9.62. The highest BCUT2D eigenvalue weighted by Crippen LogP contribution is 2.42. The van der Waals surface area contributed by atoms with E-state index >= 15 is 0 Å². The van der Waals surface area contributed by atoms with Gasteiger partial charge in [0.25, 0.3) is 0 Å². The number of carboxylic acids is 2. The number of carboxylic acid groups (broad SMARTS) is 2. The molecule has 250 valence electrons. The Hall–Kier alpha value is -1.67. The number of ether oxygens (including phenoxy) is 1. The van der Waals surface area contributed by atoms with Gasteiger partial charge in [-0.25, -0.2) is 9.78 Å². The van der Waals surface area contributed by atoms with Crippen LogP contribution in [0.15, 0.2) is 0 Å². The molecule has 0 bridgehead atoms. The summed E-state index contributed by atoms with van der Waals surface area (Å²) in [5.41, 5.74) is 0. The predicted octanol–water partition coefficient (Wildman–Crippen LogP) is 7.96. The quantitative estimate of drug-likeness (QED) is 0.128. The van der Waals surface area contributed by atoms with Gasteiger partial charge in [0.05, 0.1) is 30.5 Å². The Morgan fingerprint density at radius 1 is 0.523 bits per heavy atom. The molecule has 0 heterocycles. The molecule has 8 heteroatoms. The second-order valence-corrected chi connectivity index (χ2v) is 15.3. The maximum Gasteiger partial charge on any atom is 0.310 e. The zero-order valence-corrected chi connectivity index (χ0v) is 26.9. The van der Waals surface area contributed by atoms with Gasteiger partial charge in [0.2, 0.25) is 0 Å². The summed E-state index contributed by atoms with van der Waals surface area (Å²) in [6, 6.07) is 0. The van der Waals surface area contributed by atoms with E-state index in [0.29, 0.717) is 57.0 Å². The van der Waals surface area contributed by atoms with Gasteiger partial charge in [-0.05, 0) is 107 Å². The van der Waals surface area contributed by atoms with E-state index in [2.05, 4.69) is 0 Å². The normalized spacial score (nSPS) is 36.0. The zero-order valence-electron chi connectivity index (χ0n) is 26.9. The standard InChI is InChI=1S/C36H58O8/c37-34(38)31-17-11-26(19-24-7-3-1-4-8-24)21-28(31)23-42-44-30-15-13-29(14-16-30)43-36(41)33-22-27(12-18-32(33)35(39)40)20-25-9-5-2-6-10-25/h24-33H,1-23H2,(H,37,38)(H,39,40). The second kappa shape index (κ2) is 16.8. The SMILES string of the molecule is O=C(O)C1CCC(CC2CCCCC2)CC1COOC1CCC(OC(=O)C2CC(CC3CCCCC3)CCC2C(=O)O)CC1. The molecule has 0 radical (unpaired) electrons. The van der Waals surface area contributed by atoms with Crippen LogP contribution in [0.5, 0.6) is 0 Å². The highest BCUT2D eigenvalue weighted by atomic mass is 17.2. The van der Waals surface area contributed by atoms with E-state index in [1.165, 1.54) is 70.6 Å². The van der Waals surface area contributed by atoms with Gasteiger partial charge in [0.15, 0.2) is 0 Å². The molecular formula is C36H58O8. The van der Waals surface area contributed by atoms with Gasteiger partial charge >= 0.3 is 17.9 Å². The van der Waals surface area contributed by atoms with Gasteiger partial charge in [0.1, 0.15) is 6.10 Å². The summed E-state index contributed by atoms with van der Waals surface area (Å²) in [7, 11) is 0. The van der Waals surface area contributed by atoms with Crippen LogP contribution < -0.4 is 0 Å². The van der Waals surface area contributed by atoms with Crippen molar-refractivity contribution >= 4 is 17.9 Å². The lowest BCUT2D eigenvalue weighted by Gasteiger charge is -2.37. The van der Waals surface area contributed by atoms with Crippen LogP contribution in [0.4, 0.5) is 0 Å². The Labute approximate surface area is 264 Å².